The van der Waals surface area contributed by atoms with Crippen molar-refractivity contribution in [2.75, 3.05) is 7.11 Å². The van der Waals surface area contributed by atoms with Gasteiger partial charge in [-0.3, -0.25) is 9.59 Å². The molecule has 7 nitrogen and oxygen atoms in total. The molecule has 0 aromatic heterocycles. The zero-order chi connectivity index (χ0) is 29.4. The number of esters is 2. The Morgan fingerprint density at radius 2 is 1.82 bits per heavy atom. The molecule has 0 radical (unpaired) electrons. The highest BCUT2D eigenvalue weighted by atomic mass is 79.9. The summed E-state index contributed by atoms with van der Waals surface area (Å²) in [6, 6.07) is 5.14. The highest BCUT2D eigenvalue weighted by Gasteiger charge is 2.58. The summed E-state index contributed by atoms with van der Waals surface area (Å²) in [5.41, 5.74) is 3.78. The van der Waals surface area contributed by atoms with Gasteiger partial charge < -0.3 is 24.1 Å². The number of benzene rings is 2. The molecule has 0 bridgehead atoms. The fraction of sp³-hybridized carbons (Fsp3) is 0.500. The van der Waals surface area contributed by atoms with Gasteiger partial charge in [-0.2, -0.15) is 0 Å². The SMILES string of the molecule is C=C(C)CC(O)c1ccc(Oc2c(COC(C)=O)c(C)c(C)c(Br)c2OC(=O)C(C)C23CCC2CC3)cc1OC. The molecule has 0 aliphatic heterocycles. The summed E-state index contributed by atoms with van der Waals surface area (Å²) in [7, 11) is 1.52. The van der Waals surface area contributed by atoms with Gasteiger partial charge in [0.05, 0.1) is 23.6 Å². The molecule has 40 heavy (non-hydrogen) atoms. The molecule has 0 amide bonds. The molecule has 0 saturated heterocycles. The Balaban J connectivity index is 1.74. The normalized spacial score (nSPS) is 20.8. The van der Waals surface area contributed by atoms with Gasteiger partial charge in [-0.25, -0.2) is 0 Å². The van der Waals surface area contributed by atoms with Crippen LogP contribution in [-0.2, 0) is 20.9 Å². The predicted molar refractivity (Wildman–Crippen MR) is 156 cm³/mol. The van der Waals surface area contributed by atoms with Gasteiger partial charge >= 0.3 is 11.9 Å². The van der Waals surface area contributed by atoms with Crippen LogP contribution in [0.3, 0.4) is 0 Å². The second-order valence-electron chi connectivity index (χ2n) is 11.3. The number of hydrogen-bond acceptors (Lipinski definition) is 7. The van der Waals surface area contributed by atoms with Crippen LogP contribution in [0.2, 0.25) is 0 Å². The van der Waals surface area contributed by atoms with Crippen molar-refractivity contribution in [1.82, 2.24) is 0 Å². The number of halogens is 1. The zero-order valence-electron chi connectivity index (χ0n) is 24.2. The Hall–Kier alpha value is -2.84. The molecule has 2 aliphatic rings. The first-order valence-corrected chi connectivity index (χ1v) is 14.5. The van der Waals surface area contributed by atoms with Gasteiger partial charge in [0.1, 0.15) is 18.1 Å². The van der Waals surface area contributed by atoms with Crippen LogP contribution in [0.25, 0.3) is 0 Å². The van der Waals surface area contributed by atoms with Gasteiger partial charge in [0.25, 0.3) is 0 Å². The number of aliphatic hydroxyl groups excluding tert-OH is 1. The van der Waals surface area contributed by atoms with Gasteiger partial charge in [0.15, 0.2) is 11.5 Å². The van der Waals surface area contributed by atoms with Crippen molar-refractivity contribution >= 4 is 27.9 Å². The molecule has 2 fully saturated rings. The van der Waals surface area contributed by atoms with E-state index in [-0.39, 0.29) is 35.4 Å². The van der Waals surface area contributed by atoms with Crippen LogP contribution in [0.4, 0.5) is 0 Å². The van der Waals surface area contributed by atoms with Crippen molar-refractivity contribution in [2.24, 2.45) is 17.3 Å². The van der Waals surface area contributed by atoms with Crippen molar-refractivity contribution in [2.45, 2.75) is 79.4 Å². The van der Waals surface area contributed by atoms with Crippen molar-refractivity contribution in [3.05, 3.63) is 57.1 Å². The van der Waals surface area contributed by atoms with Crippen LogP contribution in [0.5, 0.6) is 23.0 Å². The molecular weight excluding hydrogens is 576 g/mol. The fourth-order valence-electron chi connectivity index (χ4n) is 6.02. The van der Waals surface area contributed by atoms with Crippen LogP contribution in [0.1, 0.15) is 81.2 Å². The second kappa shape index (κ2) is 12.0. The Kier molecular flexibility index (Phi) is 9.00. The molecule has 216 valence electrons. The quantitative estimate of drug-likeness (QED) is 0.158. The molecule has 0 spiro atoms. The average molecular weight is 616 g/mol. The number of carbonyl (C=O) groups excluding carboxylic acids is 2. The molecule has 4 rings (SSSR count). The van der Waals surface area contributed by atoms with Crippen molar-refractivity contribution in [3.8, 4) is 23.0 Å². The van der Waals surface area contributed by atoms with Crippen molar-refractivity contribution < 1.29 is 33.6 Å². The van der Waals surface area contributed by atoms with E-state index in [1.165, 1.54) is 26.9 Å². The highest BCUT2D eigenvalue weighted by Crippen LogP contribution is 2.65. The zero-order valence-corrected chi connectivity index (χ0v) is 25.8. The second-order valence-corrected chi connectivity index (χ2v) is 12.1. The van der Waals surface area contributed by atoms with E-state index in [4.69, 9.17) is 18.9 Å². The number of hydrogen-bond donors (Lipinski definition) is 1. The van der Waals surface area contributed by atoms with E-state index in [2.05, 4.69) is 22.5 Å². The summed E-state index contributed by atoms with van der Waals surface area (Å²) >= 11 is 3.65. The van der Waals surface area contributed by atoms with Crippen LogP contribution in [0.15, 0.2) is 34.8 Å². The lowest BCUT2D eigenvalue weighted by Crippen LogP contribution is -2.55. The van der Waals surface area contributed by atoms with Gasteiger partial charge in [0.2, 0.25) is 0 Å². The molecule has 2 aromatic carbocycles. The molecule has 2 aromatic rings. The molecule has 1 N–H and O–H groups in total. The minimum absolute atomic E-state index is 0.0404. The maximum atomic E-state index is 13.5. The molecule has 2 aliphatic carbocycles. The monoisotopic (exact) mass is 614 g/mol. The summed E-state index contributed by atoms with van der Waals surface area (Å²) in [6.07, 6.45) is 4.05. The Bertz CT molecular complexity index is 1320. The van der Waals surface area contributed by atoms with E-state index >= 15 is 0 Å². The molecule has 2 saturated carbocycles. The number of methoxy groups -OCH3 is 1. The van der Waals surface area contributed by atoms with Gasteiger partial charge in [-0.05, 0) is 103 Å². The summed E-state index contributed by atoms with van der Waals surface area (Å²) in [6.45, 7) is 12.8. The van der Waals surface area contributed by atoms with Crippen LogP contribution in [0, 0.1) is 31.1 Å². The summed E-state index contributed by atoms with van der Waals surface area (Å²) in [5, 5.41) is 10.7. The first-order valence-electron chi connectivity index (χ1n) is 13.7. The van der Waals surface area contributed by atoms with E-state index in [0.29, 0.717) is 39.4 Å². The third-order valence-electron chi connectivity index (χ3n) is 8.92. The Morgan fingerprint density at radius 1 is 1.15 bits per heavy atom. The van der Waals surface area contributed by atoms with E-state index in [1.54, 1.807) is 18.2 Å². The lowest BCUT2D eigenvalue weighted by molar-refractivity contribution is -0.165. The minimum atomic E-state index is -0.781. The standard InChI is InChI=1S/C32H39BrO7/c1-17(2)14-26(35)24-9-8-23(15-27(24)37-7)39-29-25(16-38-21(6)34)18(3)19(4)28(33)30(29)40-31(36)20(5)32-12-10-22(32)11-13-32/h8-9,15,20,22,26,35H,1,10-14,16H2,2-7H3. The summed E-state index contributed by atoms with van der Waals surface area (Å²) in [4.78, 5) is 25.3. The first kappa shape index (κ1) is 30.1. The summed E-state index contributed by atoms with van der Waals surface area (Å²) in [5.74, 6) is 1.01. The van der Waals surface area contributed by atoms with E-state index in [1.807, 2.05) is 27.7 Å². The van der Waals surface area contributed by atoms with Crippen LogP contribution < -0.4 is 14.2 Å². The van der Waals surface area contributed by atoms with Gasteiger partial charge in [-0.1, -0.05) is 12.5 Å². The van der Waals surface area contributed by atoms with Crippen LogP contribution in [-0.4, -0.2) is 24.2 Å². The highest BCUT2D eigenvalue weighted by molar-refractivity contribution is 9.10. The van der Waals surface area contributed by atoms with Crippen LogP contribution >= 0.6 is 15.9 Å². The largest absolute Gasteiger partial charge is 0.496 e. The predicted octanol–water partition coefficient (Wildman–Crippen LogP) is 7.66. The lowest BCUT2D eigenvalue weighted by atomic mass is 9.43. The molecule has 0 heterocycles. The number of ether oxygens (including phenoxy) is 4. The minimum Gasteiger partial charge on any atom is -0.496 e. The average Bonchev–Trinajstić information content (AvgIpc) is 2.90. The maximum Gasteiger partial charge on any atom is 0.314 e. The van der Waals surface area contributed by atoms with Gasteiger partial charge in [-0.15, -0.1) is 6.58 Å². The molecule has 2 atom stereocenters. The fourth-order valence-corrected chi connectivity index (χ4v) is 6.58. The number of fused-ring (bicyclic) bond motifs is 1. The lowest BCUT2D eigenvalue weighted by Gasteiger charge is -2.61. The van der Waals surface area contributed by atoms with E-state index in [9.17, 15) is 14.7 Å². The smallest absolute Gasteiger partial charge is 0.314 e. The third kappa shape index (κ3) is 5.66. The van der Waals surface area contributed by atoms with Crippen molar-refractivity contribution in [3.63, 3.8) is 0 Å². The maximum absolute atomic E-state index is 13.5. The Morgan fingerprint density at radius 3 is 2.35 bits per heavy atom. The van der Waals surface area contributed by atoms with Crippen molar-refractivity contribution in [1.29, 1.82) is 0 Å². The molecule has 2 unspecified atom stereocenters. The van der Waals surface area contributed by atoms with E-state index < -0.39 is 12.1 Å². The number of rotatable bonds is 11. The van der Waals surface area contributed by atoms with Gasteiger partial charge in [0, 0.05) is 24.1 Å². The number of carbonyl (C=O) groups is 2. The third-order valence-corrected chi connectivity index (χ3v) is 9.87. The number of aliphatic hydroxyl groups is 1. The first-order chi connectivity index (χ1) is 18.9. The summed E-state index contributed by atoms with van der Waals surface area (Å²) < 4.78 is 24.1. The Labute approximate surface area is 245 Å². The molecular formula is C32H39BrO7. The molecule has 8 heteroatoms. The topological polar surface area (TPSA) is 91.3 Å². The van der Waals surface area contributed by atoms with E-state index in [0.717, 1.165) is 29.5 Å².